The lowest BCUT2D eigenvalue weighted by atomic mass is 10.1. The van der Waals surface area contributed by atoms with Crippen molar-refractivity contribution in [2.24, 2.45) is 0 Å². The van der Waals surface area contributed by atoms with E-state index in [0.717, 1.165) is 31.7 Å². The number of hydrogen-bond acceptors (Lipinski definition) is 5. The Kier molecular flexibility index (Phi) is 6.19. The van der Waals surface area contributed by atoms with Crippen LogP contribution in [0.25, 0.3) is 0 Å². The molecule has 0 amide bonds. The van der Waals surface area contributed by atoms with Gasteiger partial charge in [0, 0.05) is 12.6 Å². The average molecular weight is 328 g/mol. The Balaban J connectivity index is 1.67. The number of rotatable bonds is 7. The van der Waals surface area contributed by atoms with Gasteiger partial charge >= 0.3 is 0 Å². The Morgan fingerprint density at radius 1 is 1.32 bits per heavy atom. The van der Waals surface area contributed by atoms with Gasteiger partial charge in [-0.15, -0.1) is 0 Å². The summed E-state index contributed by atoms with van der Waals surface area (Å²) < 4.78 is 30.6. The van der Waals surface area contributed by atoms with Crippen LogP contribution in [0.1, 0.15) is 12.8 Å². The summed E-state index contributed by atoms with van der Waals surface area (Å²) in [5.74, 6) is 0.748. The molecule has 0 saturated carbocycles. The minimum atomic E-state index is -3.14. The molecular formula is C15H24N2O4S. The van der Waals surface area contributed by atoms with Gasteiger partial charge in [-0.05, 0) is 38.1 Å². The molecule has 1 saturated heterocycles. The molecule has 0 aliphatic carbocycles. The summed E-state index contributed by atoms with van der Waals surface area (Å²) in [6.07, 6.45) is 2.16. The Labute approximate surface area is 132 Å². The number of hydrogen-bond donors (Lipinski definition) is 2. The molecule has 1 aromatic carbocycles. The third kappa shape index (κ3) is 6.31. The van der Waals surface area contributed by atoms with E-state index in [9.17, 15) is 13.5 Å². The third-order valence-electron chi connectivity index (χ3n) is 3.62. The van der Waals surface area contributed by atoms with Gasteiger partial charge in [0.05, 0.1) is 6.26 Å². The molecule has 1 atom stereocenters. The van der Waals surface area contributed by atoms with Crippen LogP contribution in [-0.4, -0.2) is 63.1 Å². The zero-order valence-electron chi connectivity index (χ0n) is 12.8. The second-order valence-electron chi connectivity index (χ2n) is 5.74. The van der Waals surface area contributed by atoms with E-state index in [1.54, 1.807) is 0 Å². The highest BCUT2D eigenvalue weighted by molar-refractivity contribution is 7.88. The smallest absolute Gasteiger partial charge is 0.208 e. The van der Waals surface area contributed by atoms with E-state index in [-0.39, 0.29) is 12.6 Å². The van der Waals surface area contributed by atoms with Crippen LogP contribution in [0.5, 0.6) is 5.75 Å². The second kappa shape index (κ2) is 7.92. The molecule has 0 aromatic heterocycles. The summed E-state index contributed by atoms with van der Waals surface area (Å²) in [5, 5.41) is 10.0. The number of β-amino-alcohol motifs (C(OH)–C–C–N with tert-alkyl or cyclic N) is 1. The Morgan fingerprint density at radius 2 is 1.95 bits per heavy atom. The third-order valence-corrected chi connectivity index (χ3v) is 4.38. The number of piperidine rings is 1. The molecular weight excluding hydrogens is 304 g/mol. The summed E-state index contributed by atoms with van der Waals surface area (Å²) >= 11 is 0. The summed E-state index contributed by atoms with van der Waals surface area (Å²) in [5.41, 5.74) is 0. The number of para-hydroxylation sites is 1. The van der Waals surface area contributed by atoms with Crippen LogP contribution < -0.4 is 9.46 Å². The van der Waals surface area contributed by atoms with Crippen molar-refractivity contribution in [3.8, 4) is 5.75 Å². The molecule has 1 aromatic rings. The van der Waals surface area contributed by atoms with Crippen molar-refractivity contribution in [2.45, 2.75) is 25.0 Å². The lowest BCUT2D eigenvalue weighted by Crippen LogP contribution is -2.46. The van der Waals surface area contributed by atoms with Crippen LogP contribution in [-0.2, 0) is 10.0 Å². The summed E-state index contributed by atoms with van der Waals surface area (Å²) in [6, 6.07) is 9.41. The van der Waals surface area contributed by atoms with Crippen molar-refractivity contribution in [2.75, 3.05) is 32.5 Å². The van der Waals surface area contributed by atoms with Gasteiger partial charge in [-0.1, -0.05) is 18.2 Å². The number of likely N-dealkylation sites (tertiary alicyclic amines) is 1. The standard InChI is InChI=1S/C15H24N2O4S/c1-22(19,20)16-13-7-9-17(10-8-13)11-14(18)12-21-15-5-3-2-4-6-15/h2-6,13-14,16,18H,7-12H2,1H3. The minimum absolute atomic E-state index is 0.00367. The number of nitrogens with zero attached hydrogens (tertiary/aromatic N) is 1. The monoisotopic (exact) mass is 328 g/mol. The molecule has 0 bridgehead atoms. The lowest BCUT2D eigenvalue weighted by molar-refractivity contribution is 0.0590. The first-order valence-electron chi connectivity index (χ1n) is 7.48. The minimum Gasteiger partial charge on any atom is -0.491 e. The van der Waals surface area contributed by atoms with E-state index in [2.05, 4.69) is 9.62 Å². The Bertz CT molecular complexity index is 542. The zero-order chi connectivity index (χ0) is 16.0. The maximum atomic E-state index is 11.2. The van der Waals surface area contributed by atoms with Gasteiger partial charge < -0.3 is 14.7 Å². The first kappa shape index (κ1) is 17.2. The number of aliphatic hydroxyl groups is 1. The Morgan fingerprint density at radius 3 is 2.55 bits per heavy atom. The normalized spacial score (nSPS) is 19.0. The second-order valence-corrected chi connectivity index (χ2v) is 7.52. The highest BCUT2D eigenvalue weighted by Crippen LogP contribution is 2.12. The molecule has 124 valence electrons. The number of ether oxygens (including phenoxy) is 1. The van der Waals surface area contributed by atoms with Gasteiger partial charge in [-0.3, -0.25) is 0 Å². The van der Waals surface area contributed by atoms with Crippen molar-refractivity contribution in [1.82, 2.24) is 9.62 Å². The molecule has 1 aliphatic heterocycles. The van der Waals surface area contributed by atoms with Crippen LogP contribution in [0.2, 0.25) is 0 Å². The molecule has 1 unspecified atom stereocenters. The molecule has 0 radical (unpaired) electrons. The average Bonchev–Trinajstić information content (AvgIpc) is 2.47. The number of nitrogens with one attached hydrogen (secondary N) is 1. The zero-order valence-corrected chi connectivity index (χ0v) is 13.6. The van der Waals surface area contributed by atoms with Gasteiger partial charge in [0.2, 0.25) is 10.0 Å². The maximum Gasteiger partial charge on any atom is 0.208 e. The van der Waals surface area contributed by atoms with Crippen LogP contribution in [0.4, 0.5) is 0 Å². The number of sulfonamides is 1. The van der Waals surface area contributed by atoms with Crippen molar-refractivity contribution in [3.05, 3.63) is 30.3 Å². The molecule has 2 N–H and O–H groups in total. The first-order valence-corrected chi connectivity index (χ1v) is 9.37. The quantitative estimate of drug-likeness (QED) is 0.759. The number of benzene rings is 1. The summed E-state index contributed by atoms with van der Waals surface area (Å²) in [4.78, 5) is 2.14. The molecule has 22 heavy (non-hydrogen) atoms. The van der Waals surface area contributed by atoms with Gasteiger partial charge in [0.15, 0.2) is 0 Å². The molecule has 1 heterocycles. The van der Waals surface area contributed by atoms with E-state index >= 15 is 0 Å². The van der Waals surface area contributed by atoms with Crippen molar-refractivity contribution in [1.29, 1.82) is 0 Å². The fraction of sp³-hybridized carbons (Fsp3) is 0.600. The van der Waals surface area contributed by atoms with E-state index in [0.29, 0.717) is 6.54 Å². The highest BCUT2D eigenvalue weighted by atomic mass is 32.2. The SMILES string of the molecule is CS(=O)(=O)NC1CCN(CC(O)COc2ccccc2)CC1. The Hall–Kier alpha value is -1.15. The topological polar surface area (TPSA) is 78.9 Å². The largest absolute Gasteiger partial charge is 0.491 e. The van der Waals surface area contributed by atoms with Crippen molar-refractivity contribution in [3.63, 3.8) is 0 Å². The first-order chi connectivity index (χ1) is 10.4. The maximum absolute atomic E-state index is 11.2. The van der Waals surface area contributed by atoms with Crippen LogP contribution in [0.15, 0.2) is 30.3 Å². The number of aliphatic hydroxyl groups excluding tert-OH is 1. The van der Waals surface area contributed by atoms with Crippen molar-refractivity contribution >= 4 is 10.0 Å². The van der Waals surface area contributed by atoms with Crippen LogP contribution in [0, 0.1) is 0 Å². The molecule has 7 heteroatoms. The lowest BCUT2D eigenvalue weighted by Gasteiger charge is -2.33. The molecule has 1 aliphatic rings. The highest BCUT2D eigenvalue weighted by Gasteiger charge is 2.23. The van der Waals surface area contributed by atoms with E-state index in [4.69, 9.17) is 4.74 Å². The molecule has 2 rings (SSSR count). The summed E-state index contributed by atoms with van der Waals surface area (Å²) in [6.45, 7) is 2.34. The molecule has 6 nitrogen and oxygen atoms in total. The predicted octanol–water partition coefficient (Wildman–Crippen LogP) is 0.440. The molecule has 0 spiro atoms. The fourth-order valence-corrected chi connectivity index (χ4v) is 3.44. The van der Waals surface area contributed by atoms with Gasteiger partial charge in [0.1, 0.15) is 18.5 Å². The van der Waals surface area contributed by atoms with E-state index in [1.165, 1.54) is 6.26 Å². The van der Waals surface area contributed by atoms with Gasteiger partial charge in [-0.2, -0.15) is 0 Å². The van der Waals surface area contributed by atoms with Gasteiger partial charge in [-0.25, -0.2) is 13.1 Å². The van der Waals surface area contributed by atoms with Gasteiger partial charge in [0.25, 0.3) is 0 Å². The molecule has 1 fully saturated rings. The van der Waals surface area contributed by atoms with Crippen LogP contribution in [0.3, 0.4) is 0 Å². The van der Waals surface area contributed by atoms with Crippen LogP contribution >= 0.6 is 0 Å². The van der Waals surface area contributed by atoms with E-state index < -0.39 is 16.1 Å². The fourth-order valence-electron chi connectivity index (χ4n) is 2.60. The predicted molar refractivity (Wildman–Crippen MR) is 85.4 cm³/mol. The van der Waals surface area contributed by atoms with E-state index in [1.807, 2.05) is 30.3 Å². The summed E-state index contributed by atoms with van der Waals surface area (Å²) in [7, 11) is -3.14. The van der Waals surface area contributed by atoms with Crippen molar-refractivity contribution < 1.29 is 18.3 Å².